The predicted octanol–water partition coefficient (Wildman–Crippen LogP) is 2.55. The van der Waals surface area contributed by atoms with Crippen molar-refractivity contribution in [2.24, 2.45) is 0 Å². The lowest BCUT2D eigenvalue weighted by Gasteiger charge is -2.26. The van der Waals surface area contributed by atoms with Gasteiger partial charge in [0, 0.05) is 25.3 Å². The quantitative estimate of drug-likeness (QED) is 0.912. The van der Waals surface area contributed by atoms with Gasteiger partial charge >= 0.3 is 12.1 Å². The summed E-state index contributed by atoms with van der Waals surface area (Å²) in [5.74, 6) is -1.36. The van der Waals surface area contributed by atoms with Crippen LogP contribution in [0.2, 0.25) is 0 Å². The highest BCUT2D eigenvalue weighted by Gasteiger charge is 2.36. The first-order chi connectivity index (χ1) is 9.79. The standard InChI is InChI=1S/C14H17F3N2O2/c1-18-5-2-6-19(8-7-18)12-4-3-10(13(20)21)9-11(12)14(15,16)17/h3-4,9H,2,5-8H2,1H3,(H,20,21). The van der Waals surface area contributed by atoms with Crippen LogP contribution in [0.15, 0.2) is 18.2 Å². The predicted molar refractivity (Wildman–Crippen MR) is 72.7 cm³/mol. The number of halogens is 3. The maximum absolute atomic E-state index is 13.2. The number of benzene rings is 1. The Balaban J connectivity index is 2.40. The minimum absolute atomic E-state index is 0.0581. The van der Waals surface area contributed by atoms with E-state index in [4.69, 9.17) is 5.11 Å². The molecule has 0 saturated carbocycles. The van der Waals surface area contributed by atoms with E-state index in [0.717, 1.165) is 13.0 Å². The van der Waals surface area contributed by atoms with E-state index in [2.05, 4.69) is 4.90 Å². The van der Waals surface area contributed by atoms with Crippen molar-refractivity contribution >= 4 is 11.7 Å². The highest BCUT2D eigenvalue weighted by Crippen LogP contribution is 2.37. The van der Waals surface area contributed by atoms with Gasteiger partial charge in [-0.05, 0) is 38.2 Å². The van der Waals surface area contributed by atoms with Crippen LogP contribution >= 0.6 is 0 Å². The molecule has 1 aliphatic rings. The SMILES string of the molecule is CN1CCCN(c2ccc(C(=O)O)cc2C(F)(F)F)CC1. The number of hydrogen-bond donors (Lipinski definition) is 1. The third kappa shape index (κ3) is 3.66. The lowest BCUT2D eigenvalue weighted by Crippen LogP contribution is -2.30. The van der Waals surface area contributed by atoms with Gasteiger partial charge in [0.2, 0.25) is 0 Å². The maximum atomic E-state index is 13.2. The van der Waals surface area contributed by atoms with Crippen LogP contribution in [0.3, 0.4) is 0 Å². The molecule has 0 atom stereocenters. The van der Waals surface area contributed by atoms with Crippen molar-refractivity contribution in [3.8, 4) is 0 Å². The topological polar surface area (TPSA) is 43.8 Å². The summed E-state index contributed by atoms with van der Waals surface area (Å²) in [7, 11) is 1.93. The van der Waals surface area contributed by atoms with Crippen molar-refractivity contribution in [1.82, 2.24) is 4.90 Å². The minimum Gasteiger partial charge on any atom is -0.478 e. The van der Waals surface area contributed by atoms with E-state index in [0.29, 0.717) is 25.7 Å². The van der Waals surface area contributed by atoms with Crippen molar-refractivity contribution in [2.75, 3.05) is 38.1 Å². The van der Waals surface area contributed by atoms with Crippen LogP contribution in [0.5, 0.6) is 0 Å². The van der Waals surface area contributed by atoms with Crippen LogP contribution in [0, 0.1) is 0 Å². The first kappa shape index (κ1) is 15.6. The summed E-state index contributed by atoms with van der Waals surface area (Å²) < 4.78 is 39.6. The molecule has 1 fully saturated rings. The zero-order valence-electron chi connectivity index (χ0n) is 11.7. The number of hydrogen-bond acceptors (Lipinski definition) is 3. The van der Waals surface area contributed by atoms with Gasteiger partial charge in [0.25, 0.3) is 0 Å². The molecule has 116 valence electrons. The fourth-order valence-corrected chi connectivity index (χ4v) is 2.46. The molecule has 2 rings (SSSR count). The summed E-state index contributed by atoms with van der Waals surface area (Å²) in [4.78, 5) is 14.6. The lowest BCUT2D eigenvalue weighted by molar-refractivity contribution is -0.137. The second-order valence-corrected chi connectivity index (χ2v) is 5.18. The first-order valence-corrected chi connectivity index (χ1v) is 6.67. The van der Waals surface area contributed by atoms with Gasteiger partial charge in [0.1, 0.15) is 0 Å². The van der Waals surface area contributed by atoms with Crippen LogP contribution in [0.25, 0.3) is 0 Å². The van der Waals surface area contributed by atoms with Crippen LogP contribution in [0.1, 0.15) is 22.3 Å². The molecule has 0 radical (unpaired) electrons. The molecule has 1 heterocycles. The molecule has 0 bridgehead atoms. The van der Waals surface area contributed by atoms with E-state index in [9.17, 15) is 18.0 Å². The molecule has 7 heteroatoms. The Morgan fingerprint density at radius 1 is 1.19 bits per heavy atom. The van der Waals surface area contributed by atoms with E-state index in [1.807, 2.05) is 7.05 Å². The van der Waals surface area contributed by atoms with Crippen molar-refractivity contribution in [1.29, 1.82) is 0 Å². The number of nitrogens with zero attached hydrogens (tertiary/aromatic N) is 2. The Labute approximate surface area is 120 Å². The molecule has 1 aliphatic heterocycles. The molecule has 0 spiro atoms. The molecule has 1 aromatic carbocycles. The van der Waals surface area contributed by atoms with Crippen LogP contribution in [-0.2, 0) is 6.18 Å². The monoisotopic (exact) mass is 302 g/mol. The summed E-state index contributed by atoms with van der Waals surface area (Å²) in [5.41, 5.74) is -1.17. The number of carboxylic acid groups (broad SMARTS) is 1. The number of carboxylic acids is 1. The third-order valence-corrected chi connectivity index (χ3v) is 3.61. The molecular formula is C14H17F3N2O2. The number of carbonyl (C=O) groups is 1. The second-order valence-electron chi connectivity index (χ2n) is 5.18. The Hall–Kier alpha value is -1.76. The normalized spacial score (nSPS) is 17.6. The maximum Gasteiger partial charge on any atom is 0.418 e. The van der Waals surface area contributed by atoms with Crippen molar-refractivity contribution < 1.29 is 23.1 Å². The lowest BCUT2D eigenvalue weighted by atomic mass is 10.1. The molecule has 1 N–H and O–H groups in total. The molecule has 4 nitrogen and oxygen atoms in total. The van der Waals surface area contributed by atoms with Gasteiger partial charge in [-0.15, -0.1) is 0 Å². The molecule has 0 aliphatic carbocycles. The van der Waals surface area contributed by atoms with Gasteiger partial charge in [-0.2, -0.15) is 13.2 Å². The fraction of sp³-hybridized carbons (Fsp3) is 0.500. The molecule has 1 aromatic rings. The van der Waals surface area contributed by atoms with E-state index in [1.54, 1.807) is 4.90 Å². The van der Waals surface area contributed by atoms with Crippen molar-refractivity contribution in [3.05, 3.63) is 29.3 Å². The Morgan fingerprint density at radius 3 is 2.52 bits per heavy atom. The van der Waals surface area contributed by atoms with Gasteiger partial charge in [-0.25, -0.2) is 4.79 Å². The fourth-order valence-electron chi connectivity index (χ4n) is 2.46. The summed E-state index contributed by atoms with van der Waals surface area (Å²) in [5, 5.41) is 8.87. The summed E-state index contributed by atoms with van der Waals surface area (Å²) in [6, 6.07) is 3.20. The summed E-state index contributed by atoms with van der Waals surface area (Å²) in [6.45, 7) is 2.54. The average Bonchev–Trinajstić information content (AvgIpc) is 2.62. The number of likely N-dealkylation sites (N-methyl/N-ethyl adjacent to an activating group) is 1. The van der Waals surface area contributed by atoms with E-state index < -0.39 is 17.7 Å². The highest BCUT2D eigenvalue weighted by atomic mass is 19.4. The smallest absolute Gasteiger partial charge is 0.418 e. The van der Waals surface area contributed by atoms with Gasteiger partial charge in [0.05, 0.1) is 11.1 Å². The number of rotatable bonds is 2. The van der Waals surface area contributed by atoms with Gasteiger partial charge < -0.3 is 14.9 Å². The Kier molecular flexibility index (Phi) is 4.41. The highest BCUT2D eigenvalue weighted by molar-refractivity contribution is 5.88. The van der Waals surface area contributed by atoms with Crippen LogP contribution in [0.4, 0.5) is 18.9 Å². The largest absolute Gasteiger partial charge is 0.478 e. The summed E-state index contributed by atoms with van der Waals surface area (Å²) in [6.07, 6.45) is -3.80. The second kappa shape index (κ2) is 5.93. The van der Waals surface area contributed by atoms with Gasteiger partial charge in [-0.3, -0.25) is 0 Å². The number of aromatic carboxylic acids is 1. The average molecular weight is 302 g/mol. The van der Waals surface area contributed by atoms with Gasteiger partial charge in [0.15, 0.2) is 0 Å². The van der Waals surface area contributed by atoms with E-state index in [1.165, 1.54) is 12.1 Å². The molecule has 21 heavy (non-hydrogen) atoms. The molecule has 0 unspecified atom stereocenters. The zero-order valence-corrected chi connectivity index (χ0v) is 11.7. The van der Waals surface area contributed by atoms with Crippen LogP contribution < -0.4 is 4.90 Å². The minimum atomic E-state index is -4.57. The first-order valence-electron chi connectivity index (χ1n) is 6.67. The van der Waals surface area contributed by atoms with Crippen molar-refractivity contribution in [2.45, 2.75) is 12.6 Å². The van der Waals surface area contributed by atoms with Crippen molar-refractivity contribution in [3.63, 3.8) is 0 Å². The Bertz CT molecular complexity index is 531. The number of alkyl halides is 3. The third-order valence-electron chi connectivity index (χ3n) is 3.61. The van der Waals surface area contributed by atoms with Gasteiger partial charge in [-0.1, -0.05) is 0 Å². The Morgan fingerprint density at radius 2 is 1.90 bits per heavy atom. The van der Waals surface area contributed by atoms with Crippen LogP contribution in [-0.4, -0.2) is 49.2 Å². The van der Waals surface area contributed by atoms with E-state index >= 15 is 0 Å². The van der Waals surface area contributed by atoms with E-state index in [-0.39, 0.29) is 11.3 Å². The molecule has 0 aromatic heterocycles. The molecule has 1 saturated heterocycles. The summed E-state index contributed by atoms with van der Waals surface area (Å²) >= 11 is 0. The molecule has 0 amide bonds. The molecular weight excluding hydrogens is 285 g/mol. The zero-order chi connectivity index (χ0) is 15.6. The number of anilines is 1.